The molecule has 1 amide bonds. The number of amides is 1. The van der Waals surface area contributed by atoms with Crippen LogP contribution < -0.4 is 5.32 Å². The van der Waals surface area contributed by atoms with Crippen LogP contribution in [-0.4, -0.2) is 50.2 Å². The van der Waals surface area contributed by atoms with Gasteiger partial charge < -0.3 is 15.0 Å². The van der Waals surface area contributed by atoms with Gasteiger partial charge in [0, 0.05) is 19.6 Å². The summed E-state index contributed by atoms with van der Waals surface area (Å²) in [5.41, 5.74) is 1.24. The molecule has 0 radical (unpaired) electrons. The van der Waals surface area contributed by atoms with E-state index in [1.54, 1.807) is 0 Å². The van der Waals surface area contributed by atoms with Gasteiger partial charge in [-0.3, -0.25) is 4.79 Å². The van der Waals surface area contributed by atoms with Crippen molar-refractivity contribution in [3.8, 4) is 0 Å². The number of hydrogen-bond donors (Lipinski definition) is 1. The maximum absolute atomic E-state index is 11.9. The lowest BCUT2D eigenvalue weighted by Crippen LogP contribution is -2.40. The highest BCUT2D eigenvalue weighted by molar-refractivity contribution is 5.77. The first kappa shape index (κ1) is 14.0. The van der Waals surface area contributed by atoms with Crippen LogP contribution in [0.2, 0.25) is 0 Å². The second-order valence-electron chi connectivity index (χ2n) is 4.94. The summed E-state index contributed by atoms with van der Waals surface area (Å²) >= 11 is 0. The van der Waals surface area contributed by atoms with Gasteiger partial charge in [0.1, 0.15) is 6.61 Å². The molecule has 1 aromatic rings. The fraction of sp³-hybridized carbons (Fsp3) is 0.533. The van der Waals surface area contributed by atoms with E-state index in [1.807, 2.05) is 30.1 Å². The summed E-state index contributed by atoms with van der Waals surface area (Å²) in [4.78, 5) is 13.7. The molecular weight excluding hydrogens is 240 g/mol. The Morgan fingerprint density at radius 1 is 1.42 bits per heavy atom. The molecule has 1 N–H and O–H groups in total. The number of benzene rings is 1. The number of carbonyl (C=O) groups is 1. The van der Waals surface area contributed by atoms with Gasteiger partial charge in [0.25, 0.3) is 0 Å². The molecule has 1 aliphatic heterocycles. The molecule has 1 unspecified atom stereocenters. The first-order valence-electron chi connectivity index (χ1n) is 6.85. The zero-order valence-corrected chi connectivity index (χ0v) is 11.5. The second-order valence-corrected chi connectivity index (χ2v) is 4.94. The Kier molecular flexibility index (Phi) is 5.36. The fourth-order valence-electron chi connectivity index (χ4n) is 2.27. The molecule has 1 heterocycles. The van der Waals surface area contributed by atoms with Gasteiger partial charge in [-0.1, -0.05) is 30.3 Å². The van der Waals surface area contributed by atoms with Gasteiger partial charge in [-0.2, -0.15) is 0 Å². The predicted molar refractivity (Wildman–Crippen MR) is 75.0 cm³/mol. The van der Waals surface area contributed by atoms with Crippen molar-refractivity contribution in [2.24, 2.45) is 0 Å². The van der Waals surface area contributed by atoms with E-state index in [1.165, 1.54) is 5.56 Å². The largest absolute Gasteiger partial charge is 0.371 e. The van der Waals surface area contributed by atoms with Crippen molar-refractivity contribution in [1.29, 1.82) is 0 Å². The van der Waals surface area contributed by atoms with Gasteiger partial charge in [0.2, 0.25) is 5.91 Å². The molecular formula is C15H22N2O2. The molecule has 0 aromatic heterocycles. The van der Waals surface area contributed by atoms with Crippen LogP contribution in [-0.2, 0) is 16.0 Å². The SMILES string of the molecule is CN(C(=O)COCCc1ccccc1)C1CCNC1. The van der Waals surface area contributed by atoms with Gasteiger partial charge in [-0.05, 0) is 24.9 Å². The number of nitrogens with zero attached hydrogens (tertiary/aromatic N) is 1. The number of ether oxygens (including phenoxy) is 1. The summed E-state index contributed by atoms with van der Waals surface area (Å²) in [6.07, 6.45) is 1.88. The summed E-state index contributed by atoms with van der Waals surface area (Å²) in [5.74, 6) is 0.0711. The Bertz CT molecular complexity index is 388. The van der Waals surface area contributed by atoms with Crippen LogP contribution in [0, 0.1) is 0 Å². The van der Waals surface area contributed by atoms with E-state index < -0.39 is 0 Å². The van der Waals surface area contributed by atoms with Crippen molar-refractivity contribution in [1.82, 2.24) is 10.2 Å². The molecule has 104 valence electrons. The maximum atomic E-state index is 11.9. The molecule has 1 saturated heterocycles. The summed E-state index contributed by atoms with van der Waals surface area (Å²) < 4.78 is 5.47. The first-order chi connectivity index (χ1) is 9.27. The predicted octanol–water partition coefficient (Wildman–Crippen LogP) is 1.07. The summed E-state index contributed by atoms with van der Waals surface area (Å²) in [5, 5.41) is 3.26. The molecule has 1 atom stereocenters. The van der Waals surface area contributed by atoms with E-state index in [2.05, 4.69) is 17.4 Å². The van der Waals surface area contributed by atoms with Gasteiger partial charge in [0.15, 0.2) is 0 Å². The van der Waals surface area contributed by atoms with Crippen LogP contribution in [0.15, 0.2) is 30.3 Å². The zero-order chi connectivity index (χ0) is 13.5. The van der Waals surface area contributed by atoms with Crippen LogP contribution in [0.4, 0.5) is 0 Å². The van der Waals surface area contributed by atoms with E-state index in [4.69, 9.17) is 4.74 Å². The average Bonchev–Trinajstić information content (AvgIpc) is 2.98. The standard InChI is InChI=1S/C15H22N2O2/c1-17(14-7-9-16-11-14)15(18)12-19-10-8-13-5-3-2-4-6-13/h2-6,14,16H,7-12H2,1H3. The molecule has 1 fully saturated rings. The van der Waals surface area contributed by atoms with Crippen LogP contribution in [0.1, 0.15) is 12.0 Å². The number of hydrogen-bond acceptors (Lipinski definition) is 3. The monoisotopic (exact) mass is 262 g/mol. The molecule has 0 spiro atoms. The molecule has 1 aromatic carbocycles. The van der Waals surface area contributed by atoms with Crippen LogP contribution in [0.25, 0.3) is 0 Å². The van der Waals surface area contributed by atoms with Crippen LogP contribution in [0.5, 0.6) is 0 Å². The third-order valence-electron chi connectivity index (χ3n) is 3.58. The van der Waals surface area contributed by atoms with E-state index in [0.29, 0.717) is 12.6 Å². The molecule has 0 bridgehead atoms. The maximum Gasteiger partial charge on any atom is 0.248 e. The molecule has 1 aliphatic rings. The molecule has 0 saturated carbocycles. The summed E-state index contributed by atoms with van der Waals surface area (Å²) in [6, 6.07) is 10.5. The van der Waals surface area contributed by atoms with Crippen molar-refractivity contribution in [3.05, 3.63) is 35.9 Å². The van der Waals surface area contributed by atoms with Gasteiger partial charge >= 0.3 is 0 Å². The second kappa shape index (κ2) is 7.26. The van der Waals surface area contributed by atoms with Gasteiger partial charge in [0.05, 0.1) is 6.61 Å². The Morgan fingerprint density at radius 2 is 2.21 bits per heavy atom. The molecule has 0 aliphatic carbocycles. The number of likely N-dealkylation sites (N-methyl/N-ethyl adjacent to an activating group) is 1. The Balaban J connectivity index is 1.63. The number of carbonyl (C=O) groups excluding carboxylic acids is 1. The molecule has 19 heavy (non-hydrogen) atoms. The minimum atomic E-state index is 0.0711. The average molecular weight is 262 g/mol. The quantitative estimate of drug-likeness (QED) is 0.780. The Morgan fingerprint density at radius 3 is 2.89 bits per heavy atom. The molecule has 4 heteroatoms. The van der Waals surface area contributed by atoms with Crippen molar-refractivity contribution < 1.29 is 9.53 Å². The minimum absolute atomic E-state index is 0.0711. The van der Waals surface area contributed by atoms with Crippen molar-refractivity contribution in [2.75, 3.05) is 33.4 Å². The highest BCUT2D eigenvalue weighted by Gasteiger charge is 2.22. The lowest BCUT2D eigenvalue weighted by Gasteiger charge is -2.23. The topological polar surface area (TPSA) is 41.6 Å². The van der Waals surface area contributed by atoms with Crippen LogP contribution in [0.3, 0.4) is 0 Å². The van der Waals surface area contributed by atoms with Crippen molar-refractivity contribution in [2.45, 2.75) is 18.9 Å². The van der Waals surface area contributed by atoms with Gasteiger partial charge in [-0.25, -0.2) is 0 Å². The van der Waals surface area contributed by atoms with E-state index in [-0.39, 0.29) is 12.5 Å². The van der Waals surface area contributed by atoms with E-state index >= 15 is 0 Å². The van der Waals surface area contributed by atoms with E-state index in [0.717, 1.165) is 25.9 Å². The number of nitrogens with one attached hydrogen (secondary N) is 1. The lowest BCUT2D eigenvalue weighted by atomic mass is 10.2. The fourth-order valence-corrected chi connectivity index (χ4v) is 2.27. The highest BCUT2D eigenvalue weighted by Crippen LogP contribution is 2.06. The van der Waals surface area contributed by atoms with Crippen molar-refractivity contribution >= 4 is 5.91 Å². The Hall–Kier alpha value is -1.39. The lowest BCUT2D eigenvalue weighted by molar-refractivity contribution is -0.136. The summed E-state index contributed by atoms with van der Waals surface area (Å²) in [6.45, 7) is 2.66. The summed E-state index contributed by atoms with van der Waals surface area (Å²) in [7, 11) is 1.86. The third kappa shape index (κ3) is 4.33. The normalized spacial score (nSPS) is 18.5. The highest BCUT2D eigenvalue weighted by atomic mass is 16.5. The van der Waals surface area contributed by atoms with Crippen LogP contribution >= 0.6 is 0 Å². The molecule has 4 nitrogen and oxygen atoms in total. The van der Waals surface area contributed by atoms with Crippen molar-refractivity contribution in [3.63, 3.8) is 0 Å². The third-order valence-corrected chi connectivity index (χ3v) is 3.58. The Labute approximate surface area is 114 Å². The van der Waals surface area contributed by atoms with E-state index in [9.17, 15) is 4.79 Å². The first-order valence-corrected chi connectivity index (χ1v) is 6.85. The molecule has 2 rings (SSSR count). The minimum Gasteiger partial charge on any atom is -0.371 e. The zero-order valence-electron chi connectivity index (χ0n) is 11.5. The van der Waals surface area contributed by atoms with Gasteiger partial charge in [-0.15, -0.1) is 0 Å². The number of rotatable bonds is 6. The smallest absolute Gasteiger partial charge is 0.248 e.